The molecule has 0 fully saturated rings. The van der Waals surface area contributed by atoms with Crippen molar-refractivity contribution in [2.75, 3.05) is 45.5 Å². The number of methoxy groups -OCH3 is 1. The number of benzene rings is 1. The summed E-state index contributed by atoms with van der Waals surface area (Å²) in [5.74, 6) is -0.0550. The monoisotopic (exact) mass is 265 g/mol. The molecular weight excluding hydrogens is 242 g/mol. The molecule has 0 heterocycles. The van der Waals surface area contributed by atoms with Crippen LogP contribution in [0.15, 0.2) is 18.2 Å². The highest BCUT2D eigenvalue weighted by Gasteiger charge is 2.21. The summed E-state index contributed by atoms with van der Waals surface area (Å²) < 4.78 is 5.08. The van der Waals surface area contributed by atoms with Crippen LogP contribution in [0.1, 0.15) is 17.3 Å². The van der Waals surface area contributed by atoms with Crippen LogP contribution in [0.3, 0.4) is 0 Å². The average Bonchev–Trinajstić information content (AvgIpc) is 2.36. The predicted molar refractivity (Wildman–Crippen MR) is 78.6 cm³/mol. The van der Waals surface area contributed by atoms with Gasteiger partial charge in [-0.25, -0.2) is 0 Å². The Morgan fingerprint density at radius 1 is 1.37 bits per heavy atom. The Labute approximate surface area is 114 Å². The van der Waals surface area contributed by atoms with Crippen LogP contribution in [-0.2, 0) is 4.74 Å². The van der Waals surface area contributed by atoms with Crippen molar-refractivity contribution in [3.8, 4) is 0 Å². The lowest BCUT2D eigenvalue weighted by atomic mass is 10.1. The lowest BCUT2D eigenvalue weighted by Crippen LogP contribution is -2.38. The Morgan fingerprint density at radius 2 is 2.00 bits per heavy atom. The fourth-order valence-corrected chi connectivity index (χ4v) is 1.86. The first kappa shape index (κ1) is 15.3. The molecule has 1 aromatic carbocycles. The van der Waals surface area contributed by atoms with Crippen molar-refractivity contribution in [3.05, 3.63) is 23.8 Å². The molecular formula is C14H23N3O2. The molecule has 106 valence electrons. The molecule has 0 aliphatic carbocycles. The van der Waals surface area contributed by atoms with Crippen LogP contribution < -0.4 is 10.6 Å². The zero-order valence-electron chi connectivity index (χ0n) is 12.3. The van der Waals surface area contributed by atoms with Crippen LogP contribution in [0.25, 0.3) is 0 Å². The summed E-state index contributed by atoms with van der Waals surface area (Å²) in [5, 5.41) is 0. The second-order valence-corrected chi connectivity index (χ2v) is 4.89. The topological polar surface area (TPSA) is 58.8 Å². The molecule has 1 atom stereocenters. The van der Waals surface area contributed by atoms with Crippen molar-refractivity contribution in [2.24, 2.45) is 0 Å². The van der Waals surface area contributed by atoms with Gasteiger partial charge in [-0.1, -0.05) is 0 Å². The minimum atomic E-state index is -0.0550. The lowest BCUT2D eigenvalue weighted by molar-refractivity contribution is 0.0634. The number of carbonyl (C=O) groups excluding carboxylic acids is 1. The number of rotatable bonds is 5. The Hall–Kier alpha value is -1.75. The highest BCUT2D eigenvalue weighted by Crippen LogP contribution is 2.23. The quantitative estimate of drug-likeness (QED) is 0.818. The number of likely N-dealkylation sites (N-methyl/N-ethyl adjacent to an activating group) is 1. The van der Waals surface area contributed by atoms with Crippen LogP contribution in [0.5, 0.6) is 0 Å². The number of nitrogens with two attached hydrogens (primary N) is 1. The van der Waals surface area contributed by atoms with Crippen molar-refractivity contribution in [2.45, 2.75) is 13.0 Å². The first-order valence-electron chi connectivity index (χ1n) is 6.21. The first-order valence-corrected chi connectivity index (χ1v) is 6.21. The summed E-state index contributed by atoms with van der Waals surface area (Å²) in [5.41, 5.74) is 7.84. The van der Waals surface area contributed by atoms with E-state index in [-0.39, 0.29) is 11.9 Å². The number of hydrogen-bond acceptors (Lipinski definition) is 4. The van der Waals surface area contributed by atoms with Crippen molar-refractivity contribution in [1.29, 1.82) is 0 Å². The van der Waals surface area contributed by atoms with E-state index < -0.39 is 0 Å². The van der Waals surface area contributed by atoms with Crippen molar-refractivity contribution >= 4 is 17.3 Å². The number of amides is 1. The van der Waals surface area contributed by atoms with Gasteiger partial charge in [0.1, 0.15) is 0 Å². The maximum absolute atomic E-state index is 12.5. The van der Waals surface area contributed by atoms with Crippen LogP contribution in [0.4, 0.5) is 11.4 Å². The minimum Gasteiger partial charge on any atom is -0.399 e. The number of nitrogen functional groups attached to an aromatic ring is 1. The Kier molecular flexibility index (Phi) is 5.18. The van der Waals surface area contributed by atoms with Gasteiger partial charge in [-0.05, 0) is 25.1 Å². The second kappa shape index (κ2) is 6.43. The number of nitrogens with zero attached hydrogens (tertiary/aromatic N) is 2. The largest absolute Gasteiger partial charge is 0.399 e. The highest BCUT2D eigenvalue weighted by atomic mass is 16.5. The van der Waals surface area contributed by atoms with Crippen molar-refractivity contribution in [1.82, 2.24) is 4.90 Å². The number of ether oxygens (including phenoxy) is 1. The van der Waals surface area contributed by atoms with Gasteiger partial charge >= 0.3 is 0 Å². The van der Waals surface area contributed by atoms with Crippen molar-refractivity contribution < 1.29 is 9.53 Å². The summed E-state index contributed by atoms with van der Waals surface area (Å²) >= 11 is 0. The SMILES string of the molecule is COCC(C)N(C)C(=O)c1cc(N)ccc1N(C)C. The van der Waals surface area contributed by atoms with Crippen LogP contribution >= 0.6 is 0 Å². The molecule has 1 unspecified atom stereocenters. The molecule has 1 rings (SSSR count). The van der Waals surface area contributed by atoms with E-state index >= 15 is 0 Å². The van der Waals surface area contributed by atoms with Gasteiger partial charge in [-0.3, -0.25) is 4.79 Å². The minimum absolute atomic E-state index is 0.00828. The fraction of sp³-hybridized carbons (Fsp3) is 0.500. The van der Waals surface area contributed by atoms with Crippen LogP contribution in [0, 0.1) is 0 Å². The van der Waals surface area contributed by atoms with E-state index in [9.17, 15) is 4.79 Å². The van der Waals surface area contributed by atoms with Gasteiger partial charge in [-0.15, -0.1) is 0 Å². The standard InChI is InChI=1S/C14H23N3O2/c1-10(9-19-5)17(4)14(18)12-8-11(15)6-7-13(12)16(2)3/h6-8,10H,9,15H2,1-5H3. The van der Waals surface area contributed by atoms with Gasteiger partial charge in [0.05, 0.1) is 18.2 Å². The van der Waals surface area contributed by atoms with Crippen LogP contribution in [-0.4, -0.2) is 51.7 Å². The summed E-state index contributed by atoms with van der Waals surface area (Å²) in [7, 11) is 7.21. The van der Waals surface area contributed by atoms with Gasteiger partial charge in [0.25, 0.3) is 5.91 Å². The third kappa shape index (κ3) is 3.61. The van der Waals surface area contributed by atoms with E-state index in [4.69, 9.17) is 10.5 Å². The third-order valence-electron chi connectivity index (χ3n) is 3.12. The van der Waals surface area contributed by atoms with Gasteiger partial charge in [-0.2, -0.15) is 0 Å². The molecule has 0 bridgehead atoms. The number of anilines is 2. The molecule has 0 aliphatic rings. The number of hydrogen-bond donors (Lipinski definition) is 1. The Bertz CT molecular complexity index is 446. The Morgan fingerprint density at radius 3 is 2.53 bits per heavy atom. The molecule has 1 amide bonds. The summed E-state index contributed by atoms with van der Waals surface area (Å²) in [6.45, 7) is 2.45. The zero-order chi connectivity index (χ0) is 14.6. The normalized spacial score (nSPS) is 12.1. The van der Waals surface area contributed by atoms with E-state index in [1.807, 2.05) is 32.0 Å². The molecule has 1 aromatic rings. The maximum Gasteiger partial charge on any atom is 0.256 e. The lowest BCUT2D eigenvalue weighted by Gasteiger charge is -2.26. The summed E-state index contributed by atoms with van der Waals surface area (Å²) in [6.07, 6.45) is 0. The average molecular weight is 265 g/mol. The van der Waals surface area contributed by atoms with Gasteiger partial charge in [0, 0.05) is 39.6 Å². The molecule has 5 heteroatoms. The molecule has 19 heavy (non-hydrogen) atoms. The zero-order valence-corrected chi connectivity index (χ0v) is 12.3. The number of carbonyl (C=O) groups is 1. The Balaban J connectivity index is 3.07. The maximum atomic E-state index is 12.5. The summed E-state index contributed by atoms with van der Waals surface area (Å²) in [6, 6.07) is 5.38. The van der Waals surface area contributed by atoms with E-state index in [1.54, 1.807) is 31.2 Å². The third-order valence-corrected chi connectivity index (χ3v) is 3.12. The summed E-state index contributed by atoms with van der Waals surface area (Å²) in [4.78, 5) is 16.1. The van der Waals surface area contributed by atoms with Gasteiger partial charge < -0.3 is 20.3 Å². The molecule has 0 saturated carbocycles. The second-order valence-electron chi connectivity index (χ2n) is 4.89. The molecule has 0 spiro atoms. The van der Waals surface area contributed by atoms with E-state index in [1.165, 1.54) is 0 Å². The van der Waals surface area contributed by atoms with Crippen LogP contribution in [0.2, 0.25) is 0 Å². The molecule has 0 aliphatic heterocycles. The van der Waals surface area contributed by atoms with Crippen molar-refractivity contribution in [3.63, 3.8) is 0 Å². The van der Waals surface area contributed by atoms with E-state index in [0.717, 1.165) is 5.69 Å². The predicted octanol–water partition coefficient (Wildman–Crippen LogP) is 1.44. The molecule has 5 nitrogen and oxygen atoms in total. The molecule has 0 aromatic heterocycles. The molecule has 0 radical (unpaired) electrons. The first-order chi connectivity index (χ1) is 8.88. The van der Waals surface area contributed by atoms with E-state index in [2.05, 4.69) is 0 Å². The van der Waals surface area contributed by atoms with Gasteiger partial charge in [0.2, 0.25) is 0 Å². The van der Waals surface area contributed by atoms with E-state index in [0.29, 0.717) is 17.9 Å². The molecule has 2 N–H and O–H groups in total. The molecule has 0 saturated heterocycles. The smallest absolute Gasteiger partial charge is 0.256 e. The highest BCUT2D eigenvalue weighted by molar-refractivity contribution is 6.00. The van der Waals surface area contributed by atoms with Gasteiger partial charge in [0.15, 0.2) is 0 Å². The fourth-order valence-electron chi connectivity index (χ4n) is 1.86.